The molecular formula is C24H28N2O4S. The van der Waals surface area contributed by atoms with Crippen LogP contribution in [0.3, 0.4) is 0 Å². The summed E-state index contributed by atoms with van der Waals surface area (Å²) in [5.41, 5.74) is 2.00. The van der Waals surface area contributed by atoms with Crippen LogP contribution >= 0.6 is 0 Å². The van der Waals surface area contributed by atoms with Gasteiger partial charge in [-0.2, -0.15) is 0 Å². The highest BCUT2D eigenvalue weighted by Gasteiger charge is 2.40. The second kappa shape index (κ2) is 8.28. The van der Waals surface area contributed by atoms with Crippen LogP contribution in [0.25, 0.3) is 0 Å². The van der Waals surface area contributed by atoms with Crippen LogP contribution in [-0.2, 0) is 21.0 Å². The van der Waals surface area contributed by atoms with E-state index in [0.717, 1.165) is 43.6 Å². The Labute approximate surface area is 183 Å². The van der Waals surface area contributed by atoms with E-state index in [2.05, 4.69) is 4.90 Å². The Balaban J connectivity index is 1.41. The van der Waals surface area contributed by atoms with Crippen LogP contribution < -0.4 is 0 Å². The number of piperidine rings is 3. The van der Waals surface area contributed by atoms with Crippen LogP contribution in [0.5, 0.6) is 0 Å². The lowest BCUT2D eigenvalue weighted by Gasteiger charge is -2.45. The lowest BCUT2D eigenvalue weighted by molar-refractivity contribution is -0.0468. The van der Waals surface area contributed by atoms with Crippen molar-refractivity contribution < 1.29 is 17.9 Å². The third kappa shape index (κ3) is 4.08. The van der Waals surface area contributed by atoms with E-state index in [1.807, 2.05) is 24.3 Å². The zero-order valence-corrected chi connectivity index (χ0v) is 18.3. The number of nitrogens with zero attached hydrogens (tertiary/aromatic N) is 2. The van der Waals surface area contributed by atoms with Gasteiger partial charge in [0.25, 0.3) is 0 Å². The summed E-state index contributed by atoms with van der Waals surface area (Å²) in [5.74, 6) is 0.265. The summed E-state index contributed by atoms with van der Waals surface area (Å²) in [6, 6.07) is 15.7. The zero-order chi connectivity index (χ0) is 21.4. The van der Waals surface area contributed by atoms with Crippen molar-refractivity contribution in [2.45, 2.75) is 36.3 Å². The molecule has 0 unspecified atom stereocenters. The summed E-state index contributed by atoms with van der Waals surface area (Å²) in [4.78, 5) is 17.5. The molecule has 6 rings (SSSR count). The number of rotatable bonds is 4. The van der Waals surface area contributed by atoms with E-state index in [-0.39, 0.29) is 22.8 Å². The molecule has 3 fully saturated rings. The summed E-state index contributed by atoms with van der Waals surface area (Å²) >= 11 is 0. The van der Waals surface area contributed by atoms with Crippen LogP contribution in [-0.4, -0.2) is 62.3 Å². The molecule has 4 heterocycles. The maximum atomic E-state index is 13.3. The van der Waals surface area contributed by atoms with E-state index in [4.69, 9.17) is 4.74 Å². The fraction of sp³-hybridized carbons (Fsp3) is 0.458. The van der Waals surface area contributed by atoms with Gasteiger partial charge in [-0.15, -0.1) is 0 Å². The molecule has 0 aliphatic carbocycles. The van der Waals surface area contributed by atoms with Crippen LogP contribution in [0, 0.1) is 5.92 Å². The van der Waals surface area contributed by atoms with Gasteiger partial charge in [-0.05, 0) is 61.5 Å². The van der Waals surface area contributed by atoms with Crippen LogP contribution in [0.4, 0.5) is 4.79 Å². The third-order valence-electron chi connectivity index (χ3n) is 6.97. The maximum Gasteiger partial charge on any atom is 0.410 e. The van der Waals surface area contributed by atoms with Gasteiger partial charge in [-0.25, -0.2) is 13.2 Å². The number of amides is 1. The van der Waals surface area contributed by atoms with E-state index in [1.165, 1.54) is 0 Å². The van der Waals surface area contributed by atoms with E-state index in [1.54, 1.807) is 35.2 Å². The van der Waals surface area contributed by atoms with Gasteiger partial charge >= 0.3 is 6.09 Å². The van der Waals surface area contributed by atoms with Crippen molar-refractivity contribution >= 4 is 15.9 Å². The minimum Gasteiger partial charge on any atom is -0.444 e. The van der Waals surface area contributed by atoms with Gasteiger partial charge in [0.1, 0.15) is 6.10 Å². The summed E-state index contributed by atoms with van der Waals surface area (Å²) < 4.78 is 32.4. The molecule has 0 spiro atoms. The monoisotopic (exact) mass is 440 g/mol. The molecule has 4 aliphatic rings. The Morgan fingerprint density at radius 3 is 2.39 bits per heavy atom. The third-order valence-corrected chi connectivity index (χ3v) is 8.72. The quantitative estimate of drug-likeness (QED) is 0.730. The molecule has 4 aliphatic heterocycles. The Hall–Kier alpha value is -2.38. The average molecular weight is 441 g/mol. The minimum atomic E-state index is -3.57. The van der Waals surface area contributed by atoms with Crippen molar-refractivity contribution in [2.75, 3.05) is 31.9 Å². The molecule has 2 aromatic carbocycles. The van der Waals surface area contributed by atoms with Gasteiger partial charge in [0.2, 0.25) is 0 Å². The van der Waals surface area contributed by atoms with Crippen LogP contribution in [0.15, 0.2) is 59.5 Å². The summed E-state index contributed by atoms with van der Waals surface area (Å²) in [6.45, 7) is 3.40. The molecule has 0 radical (unpaired) electrons. The Morgan fingerprint density at radius 2 is 1.68 bits per heavy atom. The van der Waals surface area contributed by atoms with E-state index >= 15 is 0 Å². The normalized spacial score (nSPS) is 27.5. The first-order valence-corrected chi connectivity index (χ1v) is 12.7. The largest absolute Gasteiger partial charge is 0.444 e. The van der Waals surface area contributed by atoms with Gasteiger partial charge in [-0.1, -0.05) is 42.5 Å². The molecule has 1 amide bonds. The number of carbonyl (C=O) groups excluding carboxylic acids is 1. The highest BCUT2D eigenvalue weighted by atomic mass is 32.2. The summed E-state index contributed by atoms with van der Waals surface area (Å²) in [5, 5.41) is 0. The number of benzene rings is 2. The summed E-state index contributed by atoms with van der Waals surface area (Å²) in [6.07, 6.45) is 2.34. The van der Waals surface area contributed by atoms with Gasteiger partial charge in [0.05, 0.1) is 16.7 Å². The Kier molecular flexibility index (Phi) is 5.48. The molecule has 0 saturated carbocycles. The first-order chi connectivity index (χ1) is 15.0. The molecule has 164 valence electrons. The van der Waals surface area contributed by atoms with Crippen LogP contribution in [0.2, 0.25) is 0 Å². The molecule has 0 N–H and O–H groups in total. The maximum absolute atomic E-state index is 13.3. The first-order valence-electron chi connectivity index (χ1n) is 11.1. The van der Waals surface area contributed by atoms with Gasteiger partial charge in [0.15, 0.2) is 9.84 Å². The second-order valence-corrected chi connectivity index (χ2v) is 10.8. The smallest absolute Gasteiger partial charge is 0.410 e. The molecule has 2 aromatic rings. The lowest BCUT2D eigenvalue weighted by Crippen LogP contribution is -2.53. The Bertz CT molecular complexity index is 1050. The standard InChI is InChI=1S/C24H28N2O4S/c27-24(30-23-16-25-13-10-19(23)11-14-25)26-15-12-18-6-4-5-9-21(18)22(26)17-31(28,29)20-7-2-1-3-8-20/h1-9,19,22-23H,10-17H2/t22-,23+/m0/s1. The SMILES string of the molecule is O=C(O[C@@H]1CN2CCC1CC2)N1CCc2ccccc2[C@@H]1CS(=O)(=O)c1ccccc1. The predicted molar refractivity (Wildman–Crippen MR) is 118 cm³/mol. The molecule has 7 heteroatoms. The molecule has 31 heavy (non-hydrogen) atoms. The first kappa shape index (κ1) is 20.5. The average Bonchev–Trinajstić information content (AvgIpc) is 2.80. The van der Waals surface area contributed by atoms with Gasteiger partial charge in [0, 0.05) is 13.1 Å². The van der Waals surface area contributed by atoms with E-state index in [9.17, 15) is 13.2 Å². The molecule has 2 atom stereocenters. The van der Waals surface area contributed by atoms with Crippen molar-refractivity contribution in [3.63, 3.8) is 0 Å². The molecule has 2 bridgehead atoms. The van der Waals surface area contributed by atoms with Crippen molar-refractivity contribution in [3.8, 4) is 0 Å². The lowest BCUT2D eigenvalue weighted by atomic mass is 9.86. The Morgan fingerprint density at radius 1 is 0.968 bits per heavy atom. The van der Waals surface area contributed by atoms with E-state index < -0.39 is 15.9 Å². The number of sulfone groups is 1. The molecule has 6 nitrogen and oxygen atoms in total. The number of hydrogen-bond acceptors (Lipinski definition) is 5. The summed E-state index contributed by atoms with van der Waals surface area (Å²) in [7, 11) is -3.57. The number of fused-ring (bicyclic) bond motifs is 4. The zero-order valence-electron chi connectivity index (χ0n) is 17.5. The highest BCUT2D eigenvalue weighted by molar-refractivity contribution is 7.91. The van der Waals surface area contributed by atoms with Crippen molar-refractivity contribution in [1.29, 1.82) is 0 Å². The van der Waals surface area contributed by atoms with Crippen LogP contribution in [0.1, 0.15) is 30.0 Å². The van der Waals surface area contributed by atoms with E-state index in [0.29, 0.717) is 18.9 Å². The molecule has 0 aromatic heterocycles. The van der Waals surface area contributed by atoms with Crippen molar-refractivity contribution in [1.82, 2.24) is 9.80 Å². The number of carbonyl (C=O) groups is 1. The van der Waals surface area contributed by atoms with Gasteiger partial charge in [-0.3, -0.25) is 9.80 Å². The molecular weight excluding hydrogens is 412 g/mol. The van der Waals surface area contributed by atoms with Gasteiger partial charge < -0.3 is 4.74 Å². The van der Waals surface area contributed by atoms with Crippen molar-refractivity contribution in [2.24, 2.45) is 5.92 Å². The van der Waals surface area contributed by atoms with Crippen molar-refractivity contribution in [3.05, 3.63) is 65.7 Å². The second-order valence-electron chi connectivity index (χ2n) is 8.81. The predicted octanol–water partition coefficient (Wildman–Crippen LogP) is 3.29. The number of ether oxygens (including phenoxy) is 1. The fourth-order valence-corrected chi connectivity index (χ4v) is 6.76. The highest BCUT2D eigenvalue weighted by Crippen LogP contribution is 2.35. The number of hydrogen-bond donors (Lipinski definition) is 0. The fourth-order valence-electron chi connectivity index (χ4n) is 5.22. The topological polar surface area (TPSA) is 66.9 Å². The minimum absolute atomic E-state index is 0.0986. The molecule has 3 saturated heterocycles.